The van der Waals surface area contributed by atoms with Gasteiger partial charge in [-0.25, -0.2) is 5.14 Å². The molecule has 5 rings (SSSR count). The van der Waals surface area contributed by atoms with Gasteiger partial charge >= 0.3 is 11.0 Å². The van der Waals surface area contributed by atoms with E-state index in [1.807, 2.05) is 0 Å². The summed E-state index contributed by atoms with van der Waals surface area (Å²) in [6.07, 6.45) is -3.00. The Hall–Kier alpha value is -3.04. The molecular formula is C24H21ClF3N5O4S2. The molecule has 0 unspecified atom stereocenters. The average molecular weight is 600 g/mol. The Balaban J connectivity index is 1.64. The minimum Gasteiger partial charge on any atom is -0.493 e. The smallest absolute Gasteiger partial charge is 0.416 e. The number of aromatic nitrogens is 1. The zero-order chi connectivity index (χ0) is 28.1. The maximum Gasteiger partial charge on any atom is 0.416 e. The minimum absolute atomic E-state index is 0.0600. The van der Waals surface area contributed by atoms with Gasteiger partial charge in [0.15, 0.2) is 0 Å². The third kappa shape index (κ3) is 5.52. The largest absolute Gasteiger partial charge is 0.493 e. The summed E-state index contributed by atoms with van der Waals surface area (Å²) in [4.78, 5) is 12.7. The molecule has 2 aliphatic heterocycles. The Morgan fingerprint density at radius 1 is 1.18 bits per heavy atom. The normalized spacial score (nSPS) is 17.3. The molecule has 0 bridgehead atoms. The van der Waals surface area contributed by atoms with Crippen molar-refractivity contribution in [3.63, 3.8) is 0 Å². The number of thiazole rings is 1. The van der Waals surface area contributed by atoms with Crippen molar-refractivity contribution in [3.05, 3.63) is 83.2 Å². The molecule has 1 saturated heterocycles. The number of piperidine rings is 1. The Kier molecular flexibility index (Phi) is 7.18. The van der Waals surface area contributed by atoms with Crippen LogP contribution in [0.25, 0.3) is 5.57 Å². The second-order valence-electron chi connectivity index (χ2n) is 9.14. The molecule has 2 aliphatic rings. The van der Waals surface area contributed by atoms with Crippen molar-refractivity contribution in [1.29, 1.82) is 0 Å². The molecule has 1 fully saturated rings. The van der Waals surface area contributed by atoms with Crippen LogP contribution in [0.15, 0.2) is 51.4 Å². The summed E-state index contributed by atoms with van der Waals surface area (Å²) in [6, 6.07) is 7.94. The van der Waals surface area contributed by atoms with Crippen LogP contribution in [-0.4, -0.2) is 41.7 Å². The maximum atomic E-state index is 13.9. The quantitative estimate of drug-likeness (QED) is 0.467. The van der Waals surface area contributed by atoms with Gasteiger partial charge in [0.2, 0.25) is 5.88 Å². The van der Waals surface area contributed by atoms with E-state index >= 15 is 0 Å². The fourth-order valence-corrected chi connectivity index (χ4v) is 6.72. The van der Waals surface area contributed by atoms with E-state index in [0.29, 0.717) is 33.0 Å². The summed E-state index contributed by atoms with van der Waals surface area (Å²) >= 11 is 6.58. The van der Waals surface area contributed by atoms with Crippen LogP contribution in [-0.2, 0) is 22.8 Å². The van der Waals surface area contributed by atoms with Crippen molar-refractivity contribution in [3.8, 4) is 5.88 Å². The first kappa shape index (κ1) is 27.5. The summed E-state index contributed by atoms with van der Waals surface area (Å²) in [7, 11) is -3.89. The summed E-state index contributed by atoms with van der Waals surface area (Å²) in [6.45, 7) is 0.120. The Bertz CT molecular complexity index is 1780. The van der Waals surface area contributed by atoms with Crippen LogP contribution in [0.5, 0.6) is 5.88 Å². The number of aromatic hydroxyl groups is 1. The number of halogens is 4. The molecular weight excluding hydrogens is 579 g/mol. The zero-order valence-corrected chi connectivity index (χ0v) is 22.4. The summed E-state index contributed by atoms with van der Waals surface area (Å²) in [5.74, 6) is -0.393. The highest BCUT2D eigenvalue weighted by Gasteiger charge is 2.35. The molecule has 3 heterocycles. The lowest BCUT2D eigenvalue weighted by molar-refractivity contribution is -0.138. The molecule has 3 N–H and O–H groups in total. The highest BCUT2D eigenvalue weighted by atomic mass is 35.5. The first-order valence-corrected chi connectivity index (χ1v) is 14.3. The van der Waals surface area contributed by atoms with Gasteiger partial charge in [-0.2, -0.15) is 36.1 Å². The molecule has 0 aliphatic carbocycles. The standard InChI is InChI=1S/C24H21ClF3N5O4S2/c25-16-3-1-14(19(11-16)24(26,27)28)10-18(13-2-4-20-15(9-13)12-30-31-20)21-22(34)33(23(35)38-21)17-5-7-32(8-6-17)39(29,36)37/h1-4,9,11-12,17,34H,5-8,10H2,(H2,29,36,37). The summed E-state index contributed by atoms with van der Waals surface area (Å²) in [5, 5.41) is 25.3. The topological polar surface area (TPSA) is 130 Å². The second-order valence-corrected chi connectivity index (χ2v) is 12.1. The third-order valence-corrected chi connectivity index (χ3v) is 9.05. The predicted molar refractivity (Wildman–Crippen MR) is 141 cm³/mol. The van der Waals surface area contributed by atoms with E-state index in [0.717, 1.165) is 10.4 Å². The Labute approximate surface area is 229 Å². The van der Waals surface area contributed by atoms with Crippen molar-refractivity contribution < 1.29 is 26.7 Å². The lowest BCUT2D eigenvalue weighted by Gasteiger charge is -2.30. The molecule has 0 spiro atoms. The number of nitrogens with zero attached hydrogens (tertiary/aromatic N) is 4. The number of nitrogens with two attached hydrogens (primary N) is 1. The van der Waals surface area contributed by atoms with Gasteiger partial charge in [-0.05, 0) is 53.5 Å². The molecule has 39 heavy (non-hydrogen) atoms. The SMILES string of the molecule is NS(=O)(=O)N1CCC(n2c(O)c(C(Cc3ccc(Cl)cc3C(F)(F)F)=c3ccc4c(c3)C=NN=4)sc2=O)CC1. The lowest BCUT2D eigenvalue weighted by Crippen LogP contribution is -2.43. The van der Waals surface area contributed by atoms with Gasteiger partial charge in [0, 0.05) is 36.1 Å². The van der Waals surface area contributed by atoms with Crippen molar-refractivity contribution in [2.24, 2.45) is 15.3 Å². The number of fused-ring (bicyclic) bond motifs is 1. The first-order chi connectivity index (χ1) is 18.3. The molecule has 2 aromatic carbocycles. The van der Waals surface area contributed by atoms with Gasteiger partial charge in [-0.3, -0.25) is 9.36 Å². The van der Waals surface area contributed by atoms with Gasteiger partial charge in [0.05, 0.1) is 22.0 Å². The van der Waals surface area contributed by atoms with Crippen LogP contribution in [0.4, 0.5) is 13.2 Å². The monoisotopic (exact) mass is 599 g/mol. The lowest BCUT2D eigenvalue weighted by atomic mass is 9.96. The van der Waals surface area contributed by atoms with Crippen LogP contribution in [0.1, 0.15) is 40.5 Å². The average Bonchev–Trinajstić information content (AvgIpc) is 3.45. The van der Waals surface area contributed by atoms with Gasteiger partial charge in [0.1, 0.15) is 0 Å². The summed E-state index contributed by atoms with van der Waals surface area (Å²) in [5.41, 5.74) is -0.0779. The first-order valence-electron chi connectivity index (χ1n) is 11.7. The number of hydrogen-bond donors (Lipinski definition) is 2. The van der Waals surface area contributed by atoms with Crippen molar-refractivity contribution in [2.45, 2.75) is 31.5 Å². The van der Waals surface area contributed by atoms with Crippen LogP contribution in [0, 0.1) is 0 Å². The van der Waals surface area contributed by atoms with E-state index < -0.39 is 38.7 Å². The molecule has 9 nitrogen and oxygen atoms in total. The molecule has 0 amide bonds. The van der Waals surface area contributed by atoms with Crippen molar-refractivity contribution >= 4 is 44.9 Å². The molecule has 0 saturated carbocycles. The second kappa shape index (κ2) is 10.2. The van der Waals surface area contributed by atoms with Crippen LogP contribution >= 0.6 is 22.9 Å². The van der Waals surface area contributed by atoms with Crippen LogP contribution in [0.2, 0.25) is 5.02 Å². The number of alkyl halides is 3. The predicted octanol–water partition coefficient (Wildman–Crippen LogP) is 2.54. The van der Waals surface area contributed by atoms with Crippen LogP contribution < -0.4 is 20.6 Å². The zero-order valence-electron chi connectivity index (χ0n) is 20.0. The Morgan fingerprint density at radius 2 is 1.90 bits per heavy atom. The molecule has 1 aromatic heterocycles. The molecule has 0 atom stereocenters. The molecule has 3 aromatic rings. The number of benzene rings is 2. The van der Waals surface area contributed by atoms with E-state index in [1.54, 1.807) is 18.2 Å². The van der Waals surface area contributed by atoms with Gasteiger partial charge < -0.3 is 5.11 Å². The van der Waals surface area contributed by atoms with E-state index in [4.69, 9.17) is 16.7 Å². The maximum absolute atomic E-state index is 13.9. The number of rotatable bonds is 5. The van der Waals surface area contributed by atoms with E-state index in [1.165, 1.54) is 22.9 Å². The number of hydrogen-bond acceptors (Lipinski definition) is 7. The van der Waals surface area contributed by atoms with E-state index in [2.05, 4.69) is 10.2 Å². The van der Waals surface area contributed by atoms with Gasteiger partial charge in [0.25, 0.3) is 10.2 Å². The molecule has 206 valence electrons. The van der Waals surface area contributed by atoms with Crippen molar-refractivity contribution in [2.75, 3.05) is 13.1 Å². The summed E-state index contributed by atoms with van der Waals surface area (Å²) < 4.78 is 67.3. The molecule has 15 heteroatoms. The third-order valence-electron chi connectivity index (χ3n) is 6.72. The van der Waals surface area contributed by atoms with E-state index in [-0.39, 0.29) is 47.8 Å². The fraction of sp³-hybridized carbons (Fsp3) is 0.292. The van der Waals surface area contributed by atoms with Gasteiger partial charge in [-0.15, -0.1) is 0 Å². The van der Waals surface area contributed by atoms with Crippen molar-refractivity contribution in [1.82, 2.24) is 8.87 Å². The van der Waals surface area contributed by atoms with E-state index in [9.17, 15) is 31.5 Å². The Morgan fingerprint density at radius 3 is 2.56 bits per heavy atom. The fourth-order valence-electron chi connectivity index (χ4n) is 4.81. The van der Waals surface area contributed by atoms with Crippen LogP contribution in [0.3, 0.4) is 0 Å². The minimum atomic E-state index is -4.69. The molecule has 0 radical (unpaired) electrons. The van der Waals surface area contributed by atoms with Gasteiger partial charge in [-0.1, -0.05) is 35.1 Å². The highest BCUT2D eigenvalue weighted by molar-refractivity contribution is 7.86. The highest BCUT2D eigenvalue weighted by Crippen LogP contribution is 2.38.